The van der Waals surface area contributed by atoms with E-state index >= 15 is 0 Å². The van der Waals surface area contributed by atoms with Gasteiger partial charge in [0, 0.05) is 32.6 Å². The van der Waals surface area contributed by atoms with Crippen LogP contribution >= 0.6 is 0 Å². The topological polar surface area (TPSA) is 49.9 Å². The monoisotopic (exact) mass is 240 g/mol. The summed E-state index contributed by atoms with van der Waals surface area (Å²) in [6, 6.07) is -0.101. The molecule has 0 unspecified atom stereocenters. The minimum atomic E-state index is -0.478. The Labute approximate surface area is 102 Å². The summed E-state index contributed by atoms with van der Waals surface area (Å²) in [4.78, 5) is 27.3. The fraction of sp³-hybridized carbons (Fsp3) is 0.833. The third-order valence-electron chi connectivity index (χ3n) is 3.16. The third-order valence-corrected chi connectivity index (χ3v) is 3.16. The number of ether oxygens (including phenoxy) is 1. The zero-order chi connectivity index (χ0) is 12.6. The molecular formula is C12H20N2O3. The Morgan fingerprint density at radius 3 is 2.65 bits per heavy atom. The molecule has 96 valence electrons. The summed E-state index contributed by atoms with van der Waals surface area (Å²) >= 11 is 0. The van der Waals surface area contributed by atoms with E-state index in [2.05, 4.69) is 4.90 Å². The zero-order valence-corrected chi connectivity index (χ0v) is 10.7. The molecule has 5 nitrogen and oxygen atoms in total. The molecule has 0 saturated carbocycles. The lowest BCUT2D eigenvalue weighted by atomic mass is 10.1. The van der Waals surface area contributed by atoms with Gasteiger partial charge >= 0.3 is 6.09 Å². The van der Waals surface area contributed by atoms with Crippen molar-refractivity contribution in [1.82, 2.24) is 9.80 Å². The molecule has 2 aliphatic heterocycles. The molecule has 2 saturated heterocycles. The van der Waals surface area contributed by atoms with Gasteiger partial charge in [-0.1, -0.05) is 0 Å². The van der Waals surface area contributed by atoms with E-state index < -0.39 is 5.60 Å². The summed E-state index contributed by atoms with van der Waals surface area (Å²) in [5.74, 6) is 0.248. The lowest BCUT2D eigenvalue weighted by Crippen LogP contribution is -2.54. The van der Waals surface area contributed by atoms with Crippen LogP contribution in [0.4, 0.5) is 4.79 Å². The summed E-state index contributed by atoms with van der Waals surface area (Å²) in [5.41, 5.74) is -0.478. The molecule has 0 spiro atoms. The predicted octanol–water partition coefficient (Wildman–Crippen LogP) is 0.880. The SMILES string of the molecule is CC(C)(C)OC(=O)N1CCN2CCC(=O)[C@H]2C1. The zero-order valence-electron chi connectivity index (χ0n) is 10.7. The summed E-state index contributed by atoms with van der Waals surface area (Å²) < 4.78 is 5.32. The molecule has 1 atom stereocenters. The Kier molecular flexibility index (Phi) is 3.12. The van der Waals surface area contributed by atoms with Crippen molar-refractivity contribution in [2.75, 3.05) is 26.2 Å². The van der Waals surface area contributed by atoms with Crippen molar-refractivity contribution in [1.29, 1.82) is 0 Å². The first-order chi connectivity index (χ1) is 7.87. The molecule has 2 aliphatic rings. The number of fused-ring (bicyclic) bond motifs is 1. The number of hydrogen-bond donors (Lipinski definition) is 0. The second-order valence-corrected chi connectivity index (χ2v) is 5.69. The number of Topliss-reactive ketones (excluding diaryl/α,β-unsaturated/α-hetero) is 1. The van der Waals surface area contributed by atoms with Gasteiger partial charge in [-0.2, -0.15) is 0 Å². The summed E-state index contributed by atoms with van der Waals surface area (Å²) in [6.07, 6.45) is 0.309. The molecule has 0 aromatic rings. The first-order valence-corrected chi connectivity index (χ1v) is 6.11. The van der Waals surface area contributed by atoms with E-state index in [1.165, 1.54) is 0 Å². The second-order valence-electron chi connectivity index (χ2n) is 5.69. The molecule has 2 heterocycles. The Morgan fingerprint density at radius 1 is 1.29 bits per heavy atom. The maximum Gasteiger partial charge on any atom is 0.410 e. The van der Waals surface area contributed by atoms with Crippen molar-refractivity contribution in [3.8, 4) is 0 Å². The van der Waals surface area contributed by atoms with Gasteiger partial charge in [-0.05, 0) is 20.8 Å². The number of amides is 1. The predicted molar refractivity (Wildman–Crippen MR) is 62.8 cm³/mol. The molecule has 2 rings (SSSR count). The first-order valence-electron chi connectivity index (χ1n) is 6.11. The number of rotatable bonds is 0. The van der Waals surface area contributed by atoms with Gasteiger partial charge in [-0.15, -0.1) is 0 Å². The van der Waals surface area contributed by atoms with Crippen molar-refractivity contribution in [3.63, 3.8) is 0 Å². The maximum atomic E-state index is 11.9. The highest BCUT2D eigenvalue weighted by molar-refractivity contribution is 5.87. The minimum Gasteiger partial charge on any atom is -0.444 e. The highest BCUT2D eigenvalue weighted by Crippen LogP contribution is 2.20. The second kappa shape index (κ2) is 4.29. The molecule has 0 radical (unpaired) electrons. The Balaban J connectivity index is 1.95. The van der Waals surface area contributed by atoms with E-state index in [1.54, 1.807) is 4.90 Å². The molecule has 0 N–H and O–H groups in total. The normalized spacial score (nSPS) is 25.9. The Hall–Kier alpha value is -1.10. The molecule has 17 heavy (non-hydrogen) atoms. The van der Waals surface area contributed by atoms with Gasteiger partial charge in [-0.3, -0.25) is 9.69 Å². The quantitative estimate of drug-likeness (QED) is 0.630. The van der Waals surface area contributed by atoms with Crippen LogP contribution in [0.15, 0.2) is 0 Å². The number of piperazine rings is 1. The first kappa shape index (κ1) is 12.4. The van der Waals surface area contributed by atoms with Gasteiger partial charge in [0.05, 0.1) is 6.04 Å². The van der Waals surface area contributed by atoms with Gasteiger partial charge in [0.1, 0.15) is 5.60 Å². The van der Waals surface area contributed by atoms with Crippen molar-refractivity contribution in [2.24, 2.45) is 0 Å². The van der Waals surface area contributed by atoms with Crippen LogP contribution in [0.3, 0.4) is 0 Å². The fourth-order valence-electron chi connectivity index (χ4n) is 2.31. The molecule has 1 amide bonds. The molecule has 5 heteroatoms. The van der Waals surface area contributed by atoms with Gasteiger partial charge in [0.25, 0.3) is 0 Å². The van der Waals surface area contributed by atoms with Crippen molar-refractivity contribution in [3.05, 3.63) is 0 Å². The third kappa shape index (κ3) is 2.77. The largest absolute Gasteiger partial charge is 0.444 e. The Bertz CT molecular complexity index is 335. The van der Waals surface area contributed by atoms with E-state index in [0.29, 0.717) is 19.5 Å². The van der Waals surface area contributed by atoms with Crippen molar-refractivity contribution in [2.45, 2.75) is 38.8 Å². The van der Waals surface area contributed by atoms with Crippen LogP contribution < -0.4 is 0 Å². The number of carbonyl (C=O) groups is 2. The highest BCUT2D eigenvalue weighted by Gasteiger charge is 2.39. The van der Waals surface area contributed by atoms with Gasteiger partial charge in [0.2, 0.25) is 0 Å². The average molecular weight is 240 g/mol. The molecule has 2 fully saturated rings. The van der Waals surface area contributed by atoms with Crippen molar-refractivity contribution < 1.29 is 14.3 Å². The standard InChI is InChI=1S/C12H20N2O3/c1-12(2,3)17-11(16)14-7-6-13-5-4-10(15)9(13)8-14/h9H,4-8H2,1-3H3/t9-/m1/s1. The number of hydrogen-bond acceptors (Lipinski definition) is 4. The van der Waals surface area contributed by atoms with Gasteiger partial charge in [-0.25, -0.2) is 4.79 Å². The highest BCUT2D eigenvalue weighted by atomic mass is 16.6. The average Bonchev–Trinajstić information content (AvgIpc) is 2.57. The van der Waals surface area contributed by atoms with Crippen LogP contribution in [0, 0.1) is 0 Å². The van der Waals surface area contributed by atoms with Gasteiger partial charge in [0.15, 0.2) is 5.78 Å². The molecule has 0 aliphatic carbocycles. The summed E-state index contributed by atoms with van der Waals surface area (Å²) in [7, 11) is 0. The van der Waals surface area contributed by atoms with Crippen LogP contribution in [-0.2, 0) is 9.53 Å². The minimum absolute atomic E-state index is 0.101. The molecule has 0 aromatic carbocycles. The van der Waals surface area contributed by atoms with E-state index in [9.17, 15) is 9.59 Å². The van der Waals surface area contributed by atoms with Crippen molar-refractivity contribution >= 4 is 11.9 Å². The fourth-order valence-corrected chi connectivity index (χ4v) is 2.31. The lowest BCUT2D eigenvalue weighted by Gasteiger charge is -2.37. The number of ketones is 1. The maximum absolute atomic E-state index is 11.9. The lowest BCUT2D eigenvalue weighted by molar-refractivity contribution is -0.121. The van der Waals surface area contributed by atoms with E-state index in [-0.39, 0.29) is 17.9 Å². The number of nitrogens with zero attached hydrogens (tertiary/aromatic N) is 2. The van der Waals surface area contributed by atoms with Crippen LogP contribution in [0.25, 0.3) is 0 Å². The van der Waals surface area contributed by atoms with Gasteiger partial charge < -0.3 is 9.64 Å². The smallest absolute Gasteiger partial charge is 0.410 e. The summed E-state index contributed by atoms with van der Waals surface area (Å²) in [5, 5.41) is 0. The van der Waals surface area contributed by atoms with E-state index in [4.69, 9.17) is 4.74 Å². The summed E-state index contributed by atoms with van der Waals surface area (Å²) in [6.45, 7) is 8.29. The Morgan fingerprint density at radius 2 is 2.00 bits per heavy atom. The van der Waals surface area contributed by atoms with E-state index in [0.717, 1.165) is 13.1 Å². The number of carbonyl (C=O) groups excluding carboxylic acids is 2. The van der Waals surface area contributed by atoms with Crippen LogP contribution in [0.5, 0.6) is 0 Å². The van der Waals surface area contributed by atoms with Crippen LogP contribution in [0.1, 0.15) is 27.2 Å². The van der Waals surface area contributed by atoms with Crippen LogP contribution in [0.2, 0.25) is 0 Å². The molecular weight excluding hydrogens is 220 g/mol. The molecule has 0 aromatic heterocycles. The van der Waals surface area contributed by atoms with E-state index in [1.807, 2.05) is 20.8 Å². The molecule has 0 bridgehead atoms. The van der Waals surface area contributed by atoms with Crippen LogP contribution in [-0.4, -0.2) is 59.5 Å².